The number of hydrogen-bond acceptors (Lipinski definition) is 5. The summed E-state index contributed by atoms with van der Waals surface area (Å²) < 4.78 is 2.16. The second-order valence-corrected chi connectivity index (χ2v) is 5.83. The summed E-state index contributed by atoms with van der Waals surface area (Å²) in [4.78, 5) is 48.8. The van der Waals surface area contributed by atoms with Crippen LogP contribution in [0.2, 0.25) is 0 Å². The lowest BCUT2D eigenvalue weighted by Gasteiger charge is -2.01. The second-order valence-electron chi connectivity index (χ2n) is 5.10. The van der Waals surface area contributed by atoms with Gasteiger partial charge in [-0.2, -0.15) is 0 Å². The summed E-state index contributed by atoms with van der Waals surface area (Å²) in [5, 5.41) is 0.743. The standard InChI is InChI=1S/C14H12N2O4S/c1-6(2)15-11(17)7-4-9-10(5-8(7)12(15)18)14(20)16(21-3)13(9)19/h4-6H,1-3H3. The molecule has 0 atom stereocenters. The number of rotatable bonds is 2. The average molecular weight is 304 g/mol. The van der Waals surface area contributed by atoms with Gasteiger partial charge in [-0.25, -0.2) is 3.97 Å². The Morgan fingerprint density at radius 1 is 0.810 bits per heavy atom. The Labute approximate surface area is 122 Å². The molecule has 3 rings (SSSR count). The van der Waals surface area contributed by atoms with Crippen molar-refractivity contribution in [3.05, 3.63) is 53.5 Å². The van der Waals surface area contributed by atoms with Gasteiger partial charge in [0.1, 0.15) is 0 Å². The van der Waals surface area contributed by atoms with E-state index in [-0.39, 0.29) is 27.6 Å². The summed E-state index contributed by atoms with van der Waals surface area (Å²) in [6.07, 6.45) is 1.62. The molecule has 0 radical (unpaired) electrons. The highest BCUT2D eigenvalue weighted by Gasteiger charge is 2.20. The van der Waals surface area contributed by atoms with Crippen LogP contribution in [0.15, 0.2) is 31.3 Å². The molecule has 0 saturated heterocycles. The molecule has 0 aliphatic heterocycles. The summed E-state index contributed by atoms with van der Waals surface area (Å²) in [7, 11) is 0. The molecule has 0 bridgehead atoms. The Balaban J connectivity index is 2.61. The van der Waals surface area contributed by atoms with Crippen molar-refractivity contribution in [3.8, 4) is 0 Å². The molecule has 0 saturated carbocycles. The molecule has 6 nitrogen and oxygen atoms in total. The lowest BCUT2D eigenvalue weighted by Crippen LogP contribution is -2.27. The van der Waals surface area contributed by atoms with Crippen molar-refractivity contribution in [1.82, 2.24) is 8.54 Å². The van der Waals surface area contributed by atoms with Gasteiger partial charge in [-0.15, -0.1) is 0 Å². The van der Waals surface area contributed by atoms with Crippen LogP contribution in [0.25, 0.3) is 21.5 Å². The quantitative estimate of drug-likeness (QED) is 0.693. The monoisotopic (exact) mass is 304 g/mol. The molecule has 2 aromatic heterocycles. The molecule has 1 aromatic carbocycles. The lowest BCUT2D eigenvalue weighted by atomic mass is 10.1. The van der Waals surface area contributed by atoms with Gasteiger partial charge in [0.2, 0.25) is 0 Å². The van der Waals surface area contributed by atoms with E-state index in [4.69, 9.17) is 0 Å². The van der Waals surface area contributed by atoms with Gasteiger partial charge in [0, 0.05) is 12.3 Å². The van der Waals surface area contributed by atoms with Crippen LogP contribution >= 0.6 is 11.9 Å². The third-order valence-electron chi connectivity index (χ3n) is 3.58. The molecule has 0 spiro atoms. The molecule has 108 valence electrons. The molecule has 3 aromatic rings. The SMILES string of the molecule is CSn1c(=O)c2cc3c(=O)n(C(C)C)c(=O)c3cc2c1=O. The van der Waals surface area contributed by atoms with Gasteiger partial charge in [-0.05, 0) is 37.9 Å². The highest BCUT2D eigenvalue weighted by atomic mass is 32.2. The molecule has 0 aliphatic carbocycles. The fraction of sp³-hybridized carbons (Fsp3) is 0.286. The summed E-state index contributed by atoms with van der Waals surface area (Å²) in [5.74, 6) is 0. The summed E-state index contributed by atoms with van der Waals surface area (Å²) >= 11 is 1.00. The van der Waals surface area contributed by atoms with E-state index in [0.29, 0.717) is 0 Å². The van der Waals surface area contributed by atoms with Crippen molar-refractivity contribution in [1.29, 1.82) is 0 Å². The normalized spacial score (nSPS) is 12.0. The van der Waals surface area contributed by atoms with Crippen molar-refractivity contribution >= 4 is 33.5 Å². The van der Waals surface area contributed by atoms with Crippen LogP contribution in [0, 0.1) is 0 Å². The van der Waals surface area contributed by atoms with E-state index in [1.54, 1.807) is 20.1 Å². The van der Waals surface area contributed by atoms with Gasteiger partial charge < -0.3 is 0 Å². The van der Waals surface area contributed by atoms with E-state index in [1.165, 1.54) is 12.1 Å². The van der Waals surface area contributed by atoms with Gasteiger partial charge in [0.15, 0.2) is 0 Å². The molecule has 0 fully saturated rings. The largest absolute Gasteiger partial charge is 0.272 e. The Kier molecular flexibility index (Phi) is 2.91. The van der Waals surface area contributed by atoms with E-state index >= 15 is 0 Å². The average Bonchev–Trinajstić information content (AvgIpc) is 2.82. The molecule has 0 N–H and O–H groups in total. The van der Waals surface area contributed by atoms with Crippen LogP contribution in [0.3, 0.4) is 0 Å². The second kappa shape index (κ2) is 4.42. The van der Waals surface area contributed by atoms with E-state index in [0.717, 1.165) is 20.5 Å². The summed E-state index contributed by atoms with van der Waals surface area (Å²) in [5.41, 5.74) is -1.74. The predicted molar refractivity (Wildman–Crippen MR) is 84.2 cm³/mol. The molecule has 0 amide bonds. The van der Waals surface area contributed by atoms with Crippen LogP contribution in [0.4, 0.5) is 0 Å². The Bertz CT molecular complexity index is 1000. The van der Waals surface area contributed by atoms with Crippen LogP contribution in [0.5, 0.6) is 0 Å². The third kappa shape index (κ3) is 1.67. The van der Waals surface area contributed by atoms with E-state index in [9.17, 15) is 19.2 Å². The minimum atomic E-state index is -0.450. The Morgan fingerprint density at radius 2 is 1.19 bits per heavy atom. The Morgan fingerprint density at radius 3 is 1.52 bits per heavy atom. The molecular formula is C14H12N2O4S. The first-order valence-electron chi connectivity index (χ1n) is 6.37. The molecule has 21 heavy (non-hydrogen) atoms. The molecular weight excluding hydrogens is 292 g/mol. The van der Waals surface area contributed by atoms with Crippen LogP contribution in [-0.4, -0.2) is 14.8 Å². The van der Waals surface area contributed by atoms with Gasteiger partial charge in [-0.1, -0.05) is 0 Å². The Hall–Kier alpha value is -2.15. The van der Waals surface area contributed by atoms with Crippen LogP contribution < -0.4 is 22.2 Å². The maximum absolute atomic E-state index is 12.3. The number of hydrogen-bond donors (Lipinski definition) is 0. The molecule has 0 unspecified atom stereocenters. The fourth-order valence-corrected chi connectivity index (χ4v) is 3.13. The molecule has 7 heteroatoms. The molecule has 2 heterocycles. The number of fused-ring (bicyclic) bond motifs is 2. The van der Waals surface area contributed by atoms with E-state index in [1.807, 2.05) is 0 Å². The van der Waals surface area contributed by atoms with Crippen molar-refractivity contribution in [2.75, 3.05) is 6.26 Å². The van der Waals surface area contributed by atoms with E-state index < -0.39 is 22.2 Å². The maximum atomic E-state index is 12.3. The van der Waals surface area contributed by atoms with Gasteiger partial charge >= 0.3 is 0 Å². The lowest BCUT2D eigenvalue weighted by molar-refractivity contribution is 0.574. The van der Waals surface area contributed by atoms with Gasteiger partial charge in [0.05, 0.1) is 21.5 Å². The highest BCUT2D eigenvalue weighted by Crippen LogP contribution is 2.16. The maximum Gasteiger partial charge on any atom is 0.271 e. The summed E-state index contributed by atoms with van der Waals surface area (Å²) in [6, 6.07) is 2.45. The first-order chi connectivity index (χ1) is 9.88. The minimum Gasteiger partial charge on any atom is -0.272 e. The fourth-order valence-electron chi connectivity index (χ4n) is 2.61. The summed E-state index contributed by atoms with van der Waals surface area (Å²) in [6.45, 7) is 3.47. The zero-order valence-electron chi connectivity index (χ0n) is 11.7. The first-order valence-corrected chi connectivity index (χ1v) is 7.55. The number of aromatic nitrogens is 2. The van der Waals surface area contributed by atoms with Crippen molar-refractivity contribution in [3.63, 3.8) is 0 Å². The third-order valence-corrected chi connectivity index (χ3v) is 4.28. The minimum absolute atomic E-state index is 0.180. The molecule has 0 aliphatic rings. The number of benzene rings is 1. The van der Waals surface area contributed by atoms with Gasteiger partial charge in [0.25, 0.3) is 22.2 Å². The van der Waals surface area contributed by atoms with Crippen LogP contribution in [-0.2, 0) is 0 Å². The van der Waals surface area contributed by atoms with Crippen molar-refractivity contribution in [2.45, 2.75) is 19.9 Å². The highest BCUT2D eigenvalue weighted by molar-refractivity contribution is 7.97. The first kappa shape index (κ1) is 13.8. The smallest absolute Gasteiger partial charge is 0.271 e. The predicted octanol–water partition coefficient (Wildman–Crippen LogP) is 0.619. The van der Waals surface area contributed by atoms with Crippen molar-refractivity contribution < 1.29 is 0 Å². The van der Waals surface area contributed by atoms with Gasteiger partial charge in [-0.3, -0.25) is 23.7 Å². The zero-order valence-corrected chi connectivity index (χ0v) is 12.5. The van der Waals surface area contributed by atoms with Crippen LogP contribution in [0.1, 0.15) is 19.9 Å². The zero-order chi connectivity index (χ0) is 15.5. The topological polar surface area (TPSA) is 78.1 Å². The number of nitrogens with zero attached hydrogens (tertiary/aromatic N) is 2. The van der Waals surface area contributed by atoms with Crippen molar-refractivity contribution in [2.24, 2.45) is 0 Å². The van der Waals surface area contributed by atoms with E-state index in [2.05, 4.69) is 0 Å².